The molecule has 0 unspecified atom stereocenters. The largest absolute Gasteiger partial charge is 0.469 e. The van der Waals surface area contributed by atoms with Crippen LogP contribution >= 0.6 is 0 Å². The van der Waals surface area contributed by atoms with E-state index in [1.165, 1.54) is 32.9 Å². The van der Waals surface area contributed by atoms with Crippen LogP contribution in [0.2, 0.25) is 0 Å². The van der Waals surface area contributed by atoms with Gasteiger partial charge in [0.25, 0.3) is 0 Å². The van der Waals surface area contributed by atoms with Crippen molar-refractivity contribution in [3.8, 4) is 0 Å². The highest BCUT2D eigenvalue weighted by molar-refractivity contribution is 5.68. The van der Waals surface area contributed by atoms with Crippen LogP contribution in [0.4, 0.5) is 0 Å². The third-order valence-corrected chi connectivity index (χ3v) is 3.07. The molecule has 1 atom stereocenters. The van der Waals surface area contributed by atoms with Crippen LogP contribution < -0.4 is 0 Å². The summed E-state index contributed by atoms with van der Waals surface area (Å²) in [6.07, 6.45) is 6.58. The molecule has 0 spiro atoms. The Hall–Kier alpha value is -0.570. The predicted octanol–water partition coefficient (Wildman–Crippen LogP) is 1.81. The second-order valence-corrected chi connectivity index (χ2v) is 4.10. The van der Waals surface area contributed by atoms with Crippen LogP contribution in [0, 0.1) is 0 Å². The minimum atomic E-state index is -0.0789. The first-order valence-corrected chi connectivity index (χ1v) is 5.51. The maximum absolute atomic E-state index is 10.8. The van der Waals surface area contributed by atoms with Crippen molar-refractivity contribution in [2.45, 2.75) is 44.6 Å². The molecule has 1 saturated heterocycles. The summed E-state index contributed by atoms with van der Waals surface area (Å²) >= 11 is 0. The molecule has 0 radical (unpaired) electrons. The van der Waals surface area contributed by atoms with Gasteiger partial charge in [-0.05, 0) is 39.3 Å². The second kappa shape index (κ2) is 6.02. The smallest absolute Gasteiger partial charge is 0.305 e. The van der Waals surface area contributed by atoms with Crippen LogP contribution in [-0.4, -0.2) is 37.6 Å². The van der Waals surface area contributed by atoms with E-state index in [0.29, 0.717) is 6.42 Å². The van der Waals surface area contributed by atoms with Gasteiger partial charge in [0, 0.05) is 12.5 Å². The van der Waals surface area contributed by atoms with E-state index in [9.17, 15) is 4.79 Å². The molecule has 1 rings (SSSR count). The fourth-order valence-corrected chi connectivity index (χ4v) is 2.10. The molecule has 0 aromatic rings. The number of methoxy groups -OCH3 is 1. The van der Waals surface area contributed by atoms with E-state index in [1.54, 1.807) is 0 Å². The van der Waals surface area contributed by atoms with Gasteiger partial charge in [0.05, 0.1) is 7.11 Å². The summed E-state index contributed by atoms with van der Waals surface area (Å²) in [6.45, 7) is 1.24. The summed E-state index contributed by atoms with van der Waals surface area (Å²) < 4.78 is 4.59. The van der Waals surface area contributed by atoms with Crippen molar-refractivity contribution in [3.63, 3.8) is 0 Å². The Morgan fingerprint density at radius 3 is 2.86 bits per heavy atom. The molecular weight excluding hydrogens is 178 g/mol. The zero-order valence-corrected chi connectivity index (χ0v) is 9.29. The number of hydrogen-bond donors (Lipinski definition) is 0. The highest BCUT2D eigenvalue weighted by Gasteiger charge is 2.19. The van der Waals surface area contributed by atoms with Crippen LogP contribution in [0.25, 0.3) is 0 Å². The fourth-order valence-electron chi connectivity index (χ4n) is 2.10. The van der Waals surface area contributed by atoms with Gasteiger partial charge >= 0.3 is 5.97 Å². The summed E-state index contributed by atoms with van der Waals surface area (Å²) in [6, 6.07) is 0.757. The quantitative estimate of drug-likeness (QED) is 0.499. The van der Waals surface area contributed by atoms with E-state index in [4.69, 9.17) is 0 Å². The Balaban J connectivity index is 2.01. The maximum atomic E-state index is 10.8. The number of hydrogen-bond acceptors (Lipinski definition) is 3. The number of ether oxygens (including phenoxy) is 1. The van der Waals surface area contributed by atoms with E-state index in [-0.39, 0.29) is 5.97 Å². The lowest BCUT2D eigenvalue weighted by molar-refractivity contribution is -0.140. The summed E-state index contributed by atoms with van der Waals surface area (Å²) in [7, 11) is 3.64. The van der Waals surface area contributed by atoms with Crippen LogP contribution in [0.15, 0.2) is 0 Å². The van der Waals surface area contributed by atoms with Crippen molar-refractivity contribution < 1.29 is 9.53 Å². The average Bonchev–Trinajstić information content (AvgIpc) is 2.58. The summed E-state index contributed by atoms with van der Waals surface area (Å²) in [4.78, 5) is 13.3. The molecule has 0 aliphatic carbocycles. The molecule has 0 aromatic heterocycles. The van der Waals surface area contributed by atoms with Gasteiger partial charge in [0.15, 0.2) is 0 Å². The van der Waals surface area contributed by atoms with Gasteiger partial charge in [0.1, 0.15) is 0 Å². The molecule has 1 aliphatic rings. The summed E-state index contributed by atoms with van der Waals surface area (Å²) in [5.41, 5.74) is 0. The second-order valence-electron chi connectivity index (χ2n) is 4.10. The van der Waals surface area contributed by atoms with Gasteiger partial charge in [-0.2, -0.15) is 0 Å². The molecule has 0 amide bonds. The molecule has 3 nitrogen and oxygen atoms in total. The SMILES string of the molecule is COC(=O)CCCC[C@@H]1CCCN1C. The third-order valence-electron chi connectivity index (χ3n) is 3.07. The van der Waals surface area contributed by atoms with E-state index in [0.717, 1.165) is 18.9 Å². The predicted molar refractivity (Wildman–Crippen MR) is 56.1 cm³/mol. The number of esters is 1. The summed E-state index contributed by atoms with van der Waals surface area (Å²) in [5.74, 6) is -0.0789. The first-order valence-electron chi connectivity index (χ1n) is 5.51. The number of carbonyl (C=O) groups excluding carboxylic acids is 1. The van der Waals surface area contributed by atoms with Crippen molar-refractivity contribution in [3.05, 3.63) is 0 Å². The van der Waals surface area contributed by atoms with Gasteiger partial charge in [-0.15, -0.1) is 0 Å². The van der Waals surface area contributed by atoms with Crippen LogP contribution in [0.3, 0.4) is 0 Å². The fraction of sp³-hybridized carbons (Fsp3) is 0.909. The van der Waals surface area contributed by atoms with Gasteiger partial charge in [-0.3, -0.25) is 4.79 Å². The zero-order chi connectivity index (χ0) is 10.4. The van der Waals surface area contributed by atoms with E-state index < -0.39 is 0 Å². The highest BCUT2D eigenvalue weighted by Crippen LogP contribution is 2.20. The Kier molecular flexibility index (Phi) is 4.94. The van der Waals surface area contributed by atoms with E-state index >= 15 is 0 Å². The lowest BCUT2D eigenvalue weighted by atomic mass is 10.1. The lowest BCUT2D eigenvalue weighted by Crippen LogP contribution is -2.24. The van der Waals surface area contributed by atoms with Crippen molar-refractivity contribution in [2.75, 3.05) is 20.7 Å². The Labute approximate surface area is 86.4 Å². The van der Waals surface area contributed by atoms with Gasteiger partial charge in [-0.25, -0.2) is 0 Å². The number of unbranched alkanes of at least 4 members (excludes halogenated alkanes) is 1. The van der Waals surface area contributed by atoms with Gasteiger partial charge in [-0.1, -0.05) is 6.42 Å². The van der Waals surface area contributed by atoms with Crippen molar-refractivity contribution in [1.82, 2.24) is 4.90 Å². The molecule has 0 N–H and O–H groups in total. The monoisotopic (exact) mass is 199 g/mol. The number of rotatable bonds is 5. The Bertz CT molecular complexity index is 182. The molecule has 0 aromatic carbocycles. The van der Waals surface area contributed by atoms with E-state index in [1.807, 2.05) is 0 Å². The highest BCUT2D eigenvalue weighted by atomic mass is 16.5. The molecule has 1 fully saturated rings. The average molecular weight is 199 g/mol. The van der Waals surface area contributed by atoms with Crippen LogP contribution in [0.5, 0.6) is 0 Å². The number of likely N-dealkylation sites (tertiary alicyclic amines) is 1. The molecule has 0 bridgehead atoms. The van der Waals surface area contributed by atoms with Crippen molar-refractivity contribution in [1.29, 1.82) is 0 Å². The third kappa shape index (κ3) is 3.66. The first-order chi connectivity index (χ1) is 6.74. The Morgan fingerprint density at radius 2 is 2.29 bits per heavy atom. The number of carbonyl (C=O) groups is 1. The molecule has 1 aliphatic heterocycles. The molecule has 82 valence electrons. The standard InChI is InChI=1S/C11H21NO2/c1-12-9-5-7-10(12)6-3-4-8-11(13)14-2/h10H,3-9H2,1-2H3/t10-/m1/s1. The minimum absolute atomic E-state index is 0.0789. The zero-order valence-electron chi connectivity index (χ0n) is 9.29. The van der Waals surface area contributed by atoms with Gasteiger partial charge in [0.2, 0.25) is 0 Å². The van der Waals surface area contributed by atoms with E-state index in [2.05, 4.69) is 16.7 Å². The molecule has 1 heterocycles. The first kappa shape index (κ1) is 11.5. The molecular formula is C11H21NO2. The summed E-state index contributed by atoms with van der Waals surface area (Å²) in [5, 5.41) is 0. The normalized spacial score (nSPS) is 22.6. The topological polar surface area (TPSA) is 29.5 Å². The van der Waals surface area contributed by atoms with Gasteiger partial charge < -0.3 is 9.64 Å². The van der Waals surface area contributed by atoms with Crippen molar-refractivity contribution in [2.24, 2.45) is 0 Å². The van der Waals surface area contributed by atoms with Crippen LogP contribution in [0.1, 0.15) is 38.5 Å². The molecule has 3 heteroatoms. The van der Waals surface area contributed by atoms with Crippen LogP contribution in [-0.2, 0) is 9.53 Å². The van der Waals surface area contributed by atoms with Crippen molar-refractivity contribution >= 4 is 5.97 Å². The minimum Gasteiger partial charge on any atom is -0.469 e. The lowest BCUT2D eigenvalue weighted by Gasteiger charge is -2.18. The molecule has 14 heavy (non-hydrogen) atoms. The molecule has 0 saturated carbocycles. The Morgan fingerprint density at radius 1 is 1.50 bits per heavy atom. The maximum Gasteiger partial charge on any atom is 0.305 e. The number of nitrogens with zero attached hydrogens (tertiary/aromatic N) is 1.